The van der Waals surface area contributed by atoms with Crippen LogP contribution in [0.3, 0.4) is 0 Å². The Morgan fingerprint density at radius 1 is 1.58 bits per heavy atom. The summed E-state index contributed by atoms with van der Waals surface area (Å²) in [5.41, 5.74) is 5.96. The van der Waals surface area contributed by atoms with Gasteiger partial charge in [-0.1, -0.05) is 15.9 Å². The van der Waals surface area contributed by atoms with E-state index in [1.54, 1.807) is 11.0 Å². The number of rotatable bonds is 2. The Morgan fingerprint density at radius 2 is 2.26 bits per heavy atom. The molecule has 1 aromatic carbocycles. The molecule has 1 aliphatic rings. The smallest absolute Gasteiger partial charge is 0.256 e. The first-order chi connectivity index (χ1) is 8.49. The van der Waals surface area contributed by atoms with E-state index in [1.165, 1.54) is 12.1 Å². The Balaban J connectivity index is 0.00000180. The van der Waals surface area contributed by atoms with Gasteiger partial charge in [-0.15, -0.1) is 12.4 Å². The molecule has 19 heavy (non-hydrogen) atoms. The highest BCUT2D eigenvalue weighted by Gasteiger charge is 2.29. The number of amides is 1. The molecule has 106 valence electrons. The summed E-state index contributed by atoms with van der Waals surface area (Å²) in [6.07, 6.45) is 0.890. The zero-order valence-corrected chi connectivity index (χ0v) is 13.0. The molecule has 2 rings (SSSR count). The van der Waals surface area contributed by atoms with E-state index >= 15 is 0 Å². The number of hydrogen-bond donors (Lipinski definition) is 1. The minimum Gasteiger partial charge on any atom is -0.338 e. The molecule has 0 aromatic heterocycles. The van der Waals surface area contributed by atoms with Gasteiger partial charge >= 0.3 is 0 Å². The summed E-state index contributed by atoms with van der Waals surface area (Å²) in [5.74, 6) is -0.422. The minimum atomic E-state index is -0.487. The number of nitrogens with zero attached hydrogens (tertiary/aromatic N) is 1. The summed E-state index contributed by atoms with van der Waals surface area (Å²) >= 11 is 3.18. The fraction of sp³-hybridized carbons (Fsp3) is 0.462. The Bertz CT molecular complexity index is 470. The molecule has 1 heterocycles. The summed E-state index contributed by atoms with van der Waals surface area (Å²) in [6, 6.07) is 4.57. The molecule has 0 aliphatic carbocycles. The monoisotopic (exact) mass is 350 g/mol. The molecule has 2 atom stereocenters. The number of likely N-dealkylation sites (tertiary alicyclic amines) is 1. The second-order valence-corrected chi connectivity index (χ2v) is 5.70. The Morgan fingerprint density at radius 3 is 2.79 bits per heavy atom. The zero-order chi connectivity index (χ0) is 13.3. The fourth-order valence-corrected chi connectivity index (χ4v) is 2.57. The van der Waals surface area contributed by atoms with Gasteiger partial charge in [0, 0.05) is 23.6 Å². The van der Waals surface area contributed by atoms with Gasteiger partial charge in [0.1, 0.15) is 5.82 Å². The lowest BCUT2D eigenvalue weighted by molar-refractivity contribution is 0.0781. The van der Waals surface area contributed by atoms with Crippen LogP contribution >= 0.6 is 28.3 Å². The summed E-state index contributed by atoms with van der Waals surface area (Å²) in [6.45, 7) is 3.21. The molecule has 1 saturated heterocycles. The normalized spacial score (nSPS) is 20.0. The first kappa shape index (κ1) is 16.4. The Hall–Kier alpha value is -0.650. The van der Waals surface area contributed by atoms with Crippen LogP contribution in [0, 0.1) is 11.7 Å². The van der Waals surface area contributed by atoms with Crippen LogP contribution in [0.1, 0.15) is 23.7 Å². The van der Waals surface area contributed by atoms with E-state index in [9.17, 15) is 9.18 Å². The number of benzene rings is 1. The molecule has 1 fully saturated rings. The molecule has 1 aliphatic heterocycles. The number of halogens is 3. The number of carbonyl (C=O) groups is 1. The third-order valence-corrected chi connectivity index (χ3v) is 3.91. The lowest BCUT2D eigenvalue weighted by Crippen LogP contribution is -2.33. The van der Waals surface area contributed by atoms with Gasteiger partial charge in [-0.25, -0.2) is 4.39 Å². The summed E-state index contributed by atoms with van der Waals surface area (Å²) < 4.78 is 14.3. The third-order valence-electron chi connectivity index (χ3n) is 3.42. The van der Waals surface area contributed by atoms with Crippen molar-refractivity contribution in [2.24, 2.45) is 11.7 Å². The maximum absolute atomic E-state index is 13.7. The van der Waals surface area contributed by atoms with Gasteiger partial charge in [-0.3, -0.25) is 4.79 Å². The number of hydrogen-bond acceptors (Lipinski definition) is 2. The van der Waals surface area contributed by atoms with E-state index in [1.807, 2.05) is 6.92 Å². The lowest BCUT2D eigenvalue weighted by atomic mass is 10.0. The van der Waals surface area contributed by atoms with E-state index < -0.39 is 5.82 Å². The van der Waals surface area contributed by atoms with Gasteiger partial charge in [0.25, 0.3) is 5.91 Å². The molecule has 0 saturated carbocycles. The van der Waals surface area contributed by atoms with Gasteiger partial charge in [-0.2, -0.15) is 0 Å². The Labute approximate surface area is 126 Å². The maximum atomic E-state index is 13.7. The molecule has 0 bridgehead atoms. The summed E-state index contributed by atoms with van der Waals surface area (Å²) in [5, 5.41) is 0. The average molecular weight is 352 g/mol. The lowest BCUT2D eigenvalue weighted by Gasteiger charge is -2.18. The summed E-state index contributed by atoms with van der Waals surface area (Å²) in [4.78, 5) is 13.9. The predicted molar refractivity (Wildman–Crippen MR) is 79.0 cm³/mol. The molecule has 2 N–H and O–H groups in total. The third kappa shape index (κ3) is 3.68. The molecule has 0 radical (unpaired) electrons. The van der Waals surface area contributed by atoms with E-state index in [0.717, 1.165) is 6.42 Å². The molecule has 1 aromatic rings. The number of carbonyl (C=O) groups excluding carboxylic acids is 1. The topological polar surface area (TPSA) is 46.3 Å². The van der Waals surface area contributed by atoms with Crippen LogP contribution < -0.4 is 5.73 Å². The van der Waals surface area contributed by atoms with Gasteiger partial charge in [-0.05, 0) is 37.5 Å². The van der Waals surface area contributed by atoms with E-state index in [-0.39, 0.29) is 29.9 Å². The molecule has 0 spiro atoms. The van der Waals surface area contributed by atoms with Crippen molar-refractivity contribution in [1.82, 2.24) is 4.90 Å². The zero-order valence-electron chi connectivity index (χ0n) is 10.6. The van der Waals surface area contributed by atoms with Crippen molar-refractivity contribution in [3.05, 3.63) is 34.1 Å². The molecular weight excluding hydrogens is 335 g/mol. The summed E-state index contributed by atoms with van der Waals surface area (Å²) in [7, 11) is 0. The standard InChI is InChI=1S/C13H16BrFN2O.ClH/c1-8(16)9-4-5-17(7-9)13(18)11-3-2-10(14)6-12(11)15;/h2-3,6,8-9H,4-5,7,16H2,1H3;1H. The maximum Gasteiger partial charge on any atom is 0.256 e. The predicted octanol–water partition coefficient (Wildman–Crippen LogP) is 2.82. The van der Waals surface area contributed by atoms with Gasteiger partial charge in [0.15, 0.2) is 0 Å². The molecular formula is C13H17BrClFN2O. The van der Waals surface area contributed by atoms with Crippen molar-refractivity contribution < 1.29 is 9.18 Å². The second kappa shape index (κ2) is 6.68. The quantitative estimate of drug-likeness (QED) is 0.890. The molecule has 2 unspecified atom stereocenters. The molecule has 1 amide bonds. The Kier molecular flexibility index (Phi) is 5.77. The van der Waals surface area contributed by atoms with Crippen molar-refractivity contribution in [2.75, 3.05) is 13.1 Å². The highest BCUT2D eigenvalue weighted by atomic mass is 79.9. The molecule has 3 nitrogen and oxygen atoms in total. The first-order valence-corrected chi connectivity index (χ1v) is 6.78. The highest BCUT2D eigenvalue weighted by Crippen LogP contribution is 2.23. The van der Waals surface area contributed by atoms with Crippen LogP contribution in [-0.4, -0.2) is 29.9 Å². The van der Waals surface area contributed by atoms with E-state index in [0.29, 0.717) is 23.5 Å². The second-order valence-electron chi connectivity index (χ2n) is 4.78. The fourth-order valence-electron chi connectivity index (χ4n) is 2.23. The minimum absolute atomic E-state index is 0. The van der Waals surface area contributed by atoms with Gasteiger partial charge in [0.2, 0.25) is 0 Å². The molecule has 6 heteroatoms. The van der Waals surface area contributed by atoms with Gasteiger partial charge < -0.3 is 10.6 Å². The van der Waals surface area contributed by atoms with E-state index in [4.69, 9.17) is 5.73 Å². The SMILES string of the molecule is CC(N)C1CCN(C(=O)c2ccc(Br)cc2F)C1.Cl. The largest absolute Gasteiger partial charge is 0.338 e. The first-order valence-electron chi connectivity index (χ1n) is 5.99. The van der Waals surface area contributed by atoms with Crippen LogP contribution in [0.25, 0.3) is 0 Å². The average Bonchev–Trinajstić information content (AvgIpc) is 2.77. The number of nitrogens with two attached hydrogens (primary N) is 1. The van der Waals surface area contributed by atoms with Crippen LogP contribution in [0.4, 0.5) is 4.39 Å². The van der Waals surface area contributed by atoms with Crippen molar-refractivity contribution in [2.45, 2.75) is 19.4 Å². The van der Waals surface area contributed by atoms with Crippen molar-refractivity contribution in [3.8, 4) is 0 Å². The van der Waals surface area contributed by atoms with Crippen LogP contribution in [0.5, 0.6) is 0 Å². The van der Waals surface area contributed by atoms with Crippen LogP contribution in [0.2, 0.25) is 0 Å². The van der Waals surface area contributed by atoms with E-state index in [2.05, 4.69) is 15.9 Å². The van der Waals surface area contributed by atoms with Crippen molar-refractivity contribution >= 4 is 34.2 Å². The van der Waals surface area contributed by atoms with Crippen molar-refractivity contribution in [1.29, 1.82) is 0 Å². The van der Waals surface area contributed by atoms with Crippen LogP contribution in [0.15, 0.2) is 22.7 Å². The van der Waals surface area contributed by atoms with Crippen molar-refractivity contribution in [3.63, 3.8) is 0 Å². The van der Waals surface area contributed by atoms with Crippen LogP contribution in [-0.2, 0) is 0 Å². The van der Waals surface area contributed by atoms with Gasteiger partial charge in [0.05, 0.1) is 5.56 Å². The highest BCUT2D eigenvalue weighted by molar-refractivity contribution is 9.10.